The summed E-state index contributed by atoms with van der Waals surface area (Å²) in [6.45, 7) is 5.76. The zero-order valence-corrected chi connectivity index (χ0v) is 15.7. The molecule has 4 atom stereocenters. The molecule has 1 aliphatic carbocycles. The van der Waals surface area contributed by atoms with Crippen molar-refractivity contribution >= 4 is 11.8 Å². The van der Waals surface area contributed by atoms with Crippen LogP contribution < -0.4 is 0 Å². The summed E-state index contributed by atoms with van der Waals surface area (Å²) in [5.74, 6) is 2.24. The average molecular weight is 360 g/mol. The molecule has 5 rings (SSSR count). The summed E-state index contributed by atoms with van der Waals surface area (Å²) in [4.78, 5) is 9.80. The van der Waals surface area contributed by atoms with E-state index < -0.39 is 0 Å². The van der Waals surface area contributed by atoms with E-state index in [2.05, 4.69) is 62.4 Å². The molecule has 0 amide bonds. The lowest BCUT2D eigenvalue weighted by Crippen LogP contribution is -2.09. The van der Waals surface area contributed by atoms with Gasteiger partial charge in [-0.2, -0.15) is 0 Å². The lowest BCUT2D eigenvalue weighted by atomic mass is 10.1. The van der Waals surface area contributed by atoms with E-state index in [1.54, 1.807) is 0 Å². The van der Waals surface area contributed by atoms with Gasteiger partial charge in [-0.05, 0) is 16.5 Å². The van der Waals surface area contributed by atoms with Gasteiger partial charge in [0, 0.05) is 0 Å². The second kappa shape index (κ2) is 6.22. The van der Waals surface area contributed by atoms with E-state index in [1.807, 2.05) is 12.1 Å². The molecular weight excluding hydrogens is 336 g/mol. The van der Waals surface area contributed by atoms with E-state index in [1.165, 1.54) is 11.1 Å². The molecule has 0 radical (unpaired) electrons. The fourth-order valence-electron chi connectivity index (χ4n) is 4.38. The fourth-order valence-corrected chi connectivity index (χ4v) is 4.38. The van der Waals surface area contributed by atoms with Gasteiger partial charge in [-0.25, -0.2) is 9.98 Å². The summed E-state index contributed by atoms with van der Waals surface area (Å²) >= 11 is 0. The van der Waals surface area contributed by atoms with Crippen molar-refractivity contribution in [3.8, 4) is 0 Å². The van der Waals surface area contributed by atoms with Crippen molar-refractivity contribution in [1.29, 1.82) is 0 Å². The highest BCUT2D eigenvalue weighted by Gasteiger charge is 2.66. The van der Waals surface area contributed by atoms with Crippen LogP contribution in [-0.4, -0.2) is 25.0 Å². The Morgan fingerprint density at radius 3 is 1.52 bits per heavy atom. The molecule has 0 N–H and O–H groups in total. The van der Waals surface area contributed by atoms with Gasteiger partial charge < -0.3 is 9.47 Å². The summed E-state index contributed by atoms with van der Waals surface area (Å²) in [5.41, 5.74) is 2.48. The summed E-state index contributed by atoms with van der Waals surface area (Å²) in [6, 6.07) is 20.9. The van der Waals surface area contributed by atoms with Crippen molar-refractivity contribution in [3.05, 3.63) is 71.8 Å². The normalized spacial score (nSPS) is 30.9. The first-order chi connectivity index (χ1) is 13.1. The van der Waals surface area contributed by atoms with Gasteiger partial charge in [0.15, 0.2) is 11.8 Å². The maximum absolute atomic E-state index is 6.02. The molecule has 27 heavy (non-hydrogen) atoms. The van der Waals surface area contributed by atoms with Crippen LogP contribution >= 0.6 is 0 Å². The van der Waals surface area contributed by atoms with E-state index in [9.17, 15) is 0 Å². The SMILES string of the molecule is CC1(C)[C@H](C2=N[C@@H](c3ccccc3)CO2)[C@@H]1C1=N[C@@H](c2ccccc2)CO1. The second-order valence-corrected chi connectivity index (χ2v) is 8.19. The Morgan fingerprint density at radius 2 is 1.11 bits per heavy atom. The molecule has 2 aromatic rings. The Hall–Kier alpha value is -2.62. The van der Waals surface area contributed by atoms with Gasteiger partial charge in [0.2, 0.25) is 0 Å². The third kappa shape index (κ3) is 2.84. The van der Waals surface area contributed by atoms with Crippen molar-refractivity contribution in [2.24, 2.45) is 27.2 Å². The van der Waals surface area contributed by atoms with Crippen molar-refractivity contribution in [2.45, 2.75) is 25.9 Å². The summed E-state index contributed by atoms with van der Waals surface area (Å²) in [6.07, 6.45) is 0. The highest BCUT2D eigenvalue weighted by Crippen LogP contribution is 2.61. The van der Waals surface area contributed by atoms with Crippen molar-refractivity contribution in [3.63, 3.8) is 0 Å². The van der Waals surface area contributed by atoms with Gasteiger partial charge in [0.25, 0.3) is 0 Å². The summed E-state index contributed by atoms with van der Waals surface area (Å²) in [7, 11) is 0. The van der Waals surface area contributed by atoms with Crippen LogP contribution in [0.2, 0.25) is 0 Å². The molecule has 2 heterocycles. The van der Waals surface area contributed by atoms with Gasteiger partial charge in [-0.1, -0.05) is 74.5 Å². The molecule has 0 unspecified atom stereocenters. The minimum absolute atomic E-state index is 0.0643. The predicted molar refractivity (Wildman–Crippen MR) is 106 cm³/mol. The zero-order valence-electron chi connectivity index (χ0n) is 15.7. The number of aliphatic imine (C=N–C) groups is 2. The molecular formula is C23H24N2O2. The van der Waals surface area contributed by atoms with Crippen molar-refractivity contribution < 1.29 is 9.47 Å². The monoisotopic (exact) mass is 360 g/mol. The fraction of sp³-hybridized carbons (Fsp3) is 0.391. The van der Waals surface area contributed by atoms with E-state index in [0.29, 0.717) is 13.2 Å². The van der Waals surface area contributed by atoms with Crippen LogP contribution in [0.5, 0.6) is 0 Å². The minimum Gasteiger partial charge on any atom is -0.478 e. The molecule has 1 saturated carbocycles. The molecule has 0 spiro atoms. The molecule has 0 bridgehead atoms. The molecule has 4 nitrogen and oxygen atoms in total. The maximum Gasteiger partial charge on any atom is 0.188 e. The quantitative estimate of drug-likeness (QED) is 0.800. The average Bonchev–Trinajstić information content (AvgIpc) is 3.14. The lowest BCUT2D eigenvalue weighted by molar-refractivity contribution is 0.301. The first-order valence-corrected chi connectivity index (χ1v) is 9.65. The number of rotatable bonds is 4. The molecule has 1 fully saturated rings. The largest absolute Gasteiger partial charge is 0.478 e. The van der Waals surface area contributed by atoms with E-state index in [0.717, 1.165) is 11.8 Å². The van der Waals surface area contributed by atoms with Gasteiger partial charge in [0.05, 0.1) is 11.8 Å². The van der Waals surface area contributed by atoms with Gasteiger partial charge in [-0.3, -0.25) is 0 Å². The van der Waals surface area contributed by atoms with Crippen LogP contribution in [0.1, 0.15) is 37.1 Å². The van der Waals surface area contributed by atoms with Crippen LogP contribution in [-0.2, 0) is 9.47 Å². The summed E-state index contributed by atoms with van der Waals surface area (Å²) in [5, 5.41) is 0. The number of hydrogen-bond acceptors (Lipinski definition) is 4. The Balaban J connectivity index is 1.35. The maximum atomic E-state index is 6.02. The second-order valence-electron chi connectivity index (χ2n) is 8.19. The van der Waals surface area contributed by atoms with E-state index in [-0.39, 0.29) is 29.3 Å². The first kappa shape index (κ1) is 16.5. The Labute approximate surface area is 160 Å². The Bertz CT molecular complexity index is 816. The highest BCUT2D eigenvalue weighted by atomic mass is 16.5. The molecule has 2 aromatic carbocycles. The van der Waals surface area contributed by atoms with Crippen molar-refractivity contribution in [1.82, 2.24) is 0 Å². The molecule has 138 valence electrons. The molecule has 2 aliphatic heterocycles. The summed E-state index contributed by atoms with van der Waals surface area (Å²) < 4.78 is 12.0. The van der Waals surface area contributed by atoms with Crippen LogP contribution in [0.15, 0.2) is 70.6 Å². The smallest absolute Gasteiger partial charge is 0.188 e. The number of benzene rings is 2. The van der Waals surface area contributed by atoms with Gasteiger partial charge >= 0.3 is 0 Å². The number of ether oxygens (including phenoxy) is 2. The molecule has 3 aliphatic rings. The van der Waals surface area contributed by atoms with Crippen molar-refractivity contribution in [2.75, 3.05) is 13.2 Å². The van der Waals surface area contributed by atoms with Crippen LogP contribution in [0.25, 0.3) is 0 Å². The van der Waals surface area contributed by atoms with Gasteiger partial charge in [0.1, 0.15) is 25.3 Å². The van der Waals surface area contributed by atoms with Crippen LogP contribution in [0.3, 0.4) is 0 Å². The standard InChI is InChI=1S/C23H24N2O2/c1-23(2)19(21-24-17(13-26-21)15-9-5-3-6-10-15)20(23)22-25-18(14-27-22)16-11-7-4-8-12-16/h3-12,17-20H,13-14H2,1-2H3/t17-,18-,19-,20+/m1/s1. The highest BCUT2D eigenvalue weighted by molar-refractivity contribution is 5.95. The third-order valence-electron chi connectivity index (χ3n) is 6.07. The van der Waals surface area contributed by atoms with Crippen LogP contribution in [0.4, 0.5) is 0 Å². The Kier molecular flexibility index (Phi) is 3.81. The van der Waals surface area contributed by atoms with Gasteiger partial charge in [-0.15, -0.1) is 0 Å². The van der Waals surface area contributed by atoms with E-state index in [4.69, 9.17) is 19.5 Å². The third-order valence-corrected chi connectivity index (χ3v) is 6.07. The lowest BCUT2D eigenvalue weighted by Gasteiger charge is -2.03. The molecule has 0 saturated heterocycles. The number of nitrogens with zero attached hydrogens (tertiary/aromatic N) is 2. The number of hydrogen-bond donors (Lipinski definition) is 0. The Morgan fingerprint density at radius 1 is 0.704 bits per heavy atom. The zero-order chi connectivity index (χ0) is 18.4. The minimum atomic E-state index is 0.0643. The predicted octanol–water partition coefficient (Wildman–Crippen LogP) is 4.60. The van der Waals surface area contributed by atoms with Crippen LogP contribution in [0, 0.1) is 17.3 Å². The first-order valence-electron chi connectivity index (χ1n) is 9.65. The van der Waals surface area contributed by atoms with E-state index >= 15 is 0 Å². The molecule has 4 heteroatoms. The molecule has 0 aromatic heterocycles. The topological polar surface area (TPSA) is 43.2 Å².